The normalized spacial score (nSPS) is 10.8. The molecule has 1 heterocycles. The Bertz CT molecular complexity index is 1040. The number of carbonyl (C=O) groups excluding carboxylic acids is 1. The maximum absolute atomic E-state index is 12.7. The lowest BCUT2D eigenvalue weighted by molar-refractivity contribution is 0.165. The van der Waals surface area contributed by atoms with Gasteiger partial charge in [0, 0.05) is 36.7 Å². The van der Waals surface area contributed by atoms with Gasteiger partial charge in [0.05, 0.1) is 6.54 Å². The topological polar surface area (TPSA) is 56.4 Å². The zero-order chi connectivity index (χ0) is 19.6. The third-order valence-electron chi connectivity index (χ3n) is 4.41. The highest BCUT2D eigenvalue weighted by atomic mass is 35.5. The van der Waals surface area contributed by atoms with E-state index in [1.165, 1.54) is 4.90 Å². The van der Waals surface area contributed by atoms with Crippen molar-refractivity contribution in [2.75, 3.05) is 14.1 Å². The Labute approximate surface area is 163 Å². The number of aryl methyl sites for hydroxylation is 1. The van der Waals surface area contributed by atoms with Gasteiger partial charge in [-0.3, -0.25) is 4.79 Å². The molecule has 3 aromatic rings. The largest absolute Gasteiger partial charge is 0.331 e. The Balaban J connectivity index is 1.97. The minimum atomic E-state index is -0.193. The highest BCUT2D eigenvalue weighted by Gasteiger charge is 2.19. The van der Waals surface area contributed by atoms with E-state index in [2.05, 4.69) is 4.98 Å². The lowest BCUT2D eigenvalue weighted by Crippen LogP contribution is -2.39. The highest BCUT2D eigenvalue weighted by Crippen LogP contribution is 2.20. The van der Waals surface area contributed by atoms with Crippen molar-refractivity contribution in [3.8, 4) is 0 Å². The summed E-state index contributed by atoms with van der Waals surface area (Å²) in [5.41, 5.74) is 3.07. The van der Waals surface area contributed by atoms with E-state index in [0.29, 0.717) is 17.1 Å². The first-order chi connectivity index (χ1) is 12.8. The molecule has 0 saturated carbocycles. The first kappa shape index (κ1) is 19.0. The number of amides is 2. The van der Waals surface area contributed by atoms with Crippen molar-refractivity contribution >= 4 is 28.5 Å². The summed E-state index contributed by atoms with van der Waals surface area (Å²) in [7, 11) is 3.38. The van der Waals surface area contributed by atoms with E-state index >= 15 is 0 Å². The lowest BCUT2D eigenvalue weighted by atomic mass is 10.1. The van der Waals surface area contributed by atoms with Gasteiger partial charge in [0.15, 0.2) is 0 Å². The summed E-state index contributed by atoms with van der Waals surface area (Å²) in [4.78, 5) is 31.2. The summed E-state index contributed by atoms with van der Waals surface area (Å²) in [6.45, 7) is 2.52. The van der Waals surface area contributed by atoms with Crippen LogP contribution in [0.25, 0.3) is 10.9 Å². The molecule has 1 N–H and O–H groups in total. The van der Waals surface area contributed by atoms with E-state index in [4.69, 9.17) is 11.6 Å². The molecular weight excluding hydrogens is 362 g/mol. The number of hydrogen-bond acceptors (Lipinski definition) is 2. The number of H-pyrrole nitrogens is 1. The number of hydrogen-bond donors (Lipinski definition) is 1. The molecule has 0 radical (unpaired) electrons. The average molecular weight is 384 g/mol. The number of fused-ring (bicyclic) bond motifs is 1. The second kappa shape index (κ2) is 7.84. The van der Waals surface area contributed by atoms with Gasteiger partial charge < -0.3 is 14.8 Å². The summed E-state index contributed by atoms with van der Waals surface area (Å²) < 4.78 is 0. The van der Waals surface area contributed by atoms with Crippen LogP contribution in [0.5, 0.6) is 0 Å². The number of rotatable bonds is 4. The van der Waals surface area contributed by atoms with E-state index in [1.54, 1.807) is 25.1 Å². The molecule has 0 unspecified atom stereocenters. The van der Waals surface area contributed by atoms with E-state index in [-0.39, 0.29) is 18.1 Å². The molecule has 140 valence electrons. The SMILES string of the molecule is Cc1ccc2[nH]c(=O)c(CN(Cc3ccccc3Cl)C(=O)N(C)C)cc2c1. The van der Waals surface area contributed by atoms with Gasteiger partial charge in [0.1, 0.15) is 0 Å². The molecule has 6 heteroatoms. The quantitative estimate of drug-likeness (QED) is 0.735. The van der Waals surface area contributed by atoms with Crippen molar-refractivity contribution in [3.05, 3.63) is 80.6 Å². The summed E-state index contributed by atoms with van der Waals surface area (Å²) in [5.74, 6) is 0. The summed E-state index contributed by atoms with van der Waals surface area (Å²) in [6, 6.07) is 14.9. The molecule has 0 atom stereocenters. The van der Waals surface area contributed by atoms with Crippen molar-refractivity contribution in [1.82, 2.24) is 14.8 Å². The highest BCUT2D eigenvalue weighted by molar-refractivity contribution is 6.31. The fourth-order valence-electron chi connectivity index (χ4n) is 3.00. The minimum absolute atomic E-state index is 0.182. The standard InChI is InChI=1S/C21H22ClN3O2/c1-14-8-9-19-16(10-14)11-17(20(26)23-19)13-25(21(27)24(2)3)12-15-6-4-5-7-18(15)22/h4-11H,12-13H2,1-3H3,(H,23,26). The van der Waals surface area contributed by atoms with Gasteiger partial charge in [0.2, 0.25) is 0 Å². The van der Waals surface area contributed by atoms with Crippen LogP contribution in [0, 0.1) is 6.92 Å². The first-order valence-electron chi connectivity index (χ1n) is 8.67. The first-order valence-corrected chi connectivity index (χ1v) is 9.05. The molecule has 27 heavy (non-hydrogen) atoms. The number of carbonyl (C=O) groups is 1. The number of urea groups is 1. The Kier molecular flexibility index (Phi) is 5.51. The third-order valence-corrected chi connectivity index (χ3v) is 4.78. The minimum Gasteiger partial charge on any atom is -0.331 e. The number of pyridine rings is 1. The van der Waals surface area contributed by atoms with Crippen LogP contribution in [0.1, 0.15) is 16.7 Å². The Hall–Kier alpha value is -2.79. The molecule has 0 bridgehead atoms. The number of nitrogens with zero attached hydrogens (tertiary/aromatic N) is 2. The third kappa shape index (κ3) is 4.31. The maximum atomic E-state index is 12.7. The smallest absolute Gasteiger partial charge is 0.320 e. The molecule has 2 aromatic carbocycles. The van der Waals surface area contributed by atoms with Crippen LogP contribution in [-0.2, 0) is 13.1 Å². The van der Waals surface area contributed by atoms with Gasteiger partial charge in [-0.2, -0.15) is 0 Å². The Morgan fingerprint density at radius 2 is 1.74 bits per heavy atom. The van der Waals surface area contributed by atoms with Crippen LogP contribution in [0.15, 0.2) is 53.3 Å². The van der Waals surface area contributed by atoms with Crippen molar-refractivity contribution in [3.63, 3.8) is 0 Å². The van der Waals surface area contributed by atoms with Crippen LogP contribution < -0.4 is 5.56 Å². The molecule has 3 rings (SSSR count). The van der Waals surface area contributed by atoms with Crippen LogP contribution >= 0.6 is 11.6 Å². The second-order valence-electron chi connectivity index (χ2n) is 6.84. The fraction of sp³-hybridized carbons (Fsp3) is 0.238. The van der Waals surface area contributed by atoms with Crippen molar-refractivity contribution in [1.29, 1.82) is 0 Å². The zero-order valence-electron chi connectivity index (χ0n) is 15.6. The van der Waals surface area contributed by atoms with E-state index in [1.807, 2.05) is 49.4 Å². The van der Waals surface area contributed by atoms with E-state index in [0.717, 1.165) is 22.0 Å². The van der Waals surface area contributed by atoms with Gasteiger partial charge >= 0.3 is 6.03 Å². The van der Waals surface area contributed by atoms with Gasteiger partial charge in [-0.05, 0) is 42.1 Å². The van der Waals surface area contributed by atoms with Crippen LogP contribution in [0.4, 0.5) is 4.79 Å². The number of aromatic amines is 1. The van der Waals surface area contributed by atoms with Crippen LogP contribution in [0.2, 0.25) is 5.02 Å². The second-order valence-corrected chi connectivity index (χ2v) is 7.25. The average Bonchev–Trinajstić information content (AvgIpc) is 2.63. The number of aromatic nitrogens is 1. The maximum Gasteiger partial charge on any atom is 0.320 e. The van der Waals surface area contributed by atoms with Crippen molar-refractivity contribution < 1.29 is 4.79 Å². The molecule has 0 aliphatic carbocycles. The van der Waals surface area contributed by atoms with Crippen molar-refractivity contribution in [2.24, 2.45) is 0 Å². The van der Waals surface area contributed by atoms with Crippen molar-refractivity contribution in [2.45, 2.75) is 20.0 Å². The molecule has 5 nitrogen and oxygen atoms in total. The summed E-state index contributed by atoms with van der Waals surface area (Å²) in [5, 5.41) is 1.54. The van der Waals surface area contributed by atoms with Gasteiger partial charge in [-0.15, -0.1) is 0 Å². The van der Waals surface area contributed by atoms with Gasteiger partial charge in [0.25, 0.3) is 5.56 Å². The summed E-state index contributed by atoms with van der Waals surface area (Å²) >= 11 is 6.26. The molecule has 0 spiro atoms. The molecule has 0 aliphatic heterocycles. The van der Waals surface area contributed by atoms with E-state index in [9.17, 15) is 9.59 Å². The number of halogens is 1. The molecule has 0 fully saturated rings. The predicted molar refractivity (Wildman–Crippen MR) is 109 cm³/mol. The van der Waals surface area contributed by atoms with Gasteiger partial charge in [-0.25, -0.2) is 4.79 Å². The molecule has 1 aromatic heterocycles. The van der Waals surface area contributed by atoms with Crippen LogP contribution in [-0.4, -0.2) is 34.9 Å². The Morgan fingerprint density at radius 1 is 1.04 bits per heavy atom. The monoisotopic (exact) mass is 383 g/mol. The molecule has 0 saturated heterocycles. The lowest BCUT2D eigenvalue weighted by Gasteiger charge is -2.26. The zero-order valence-corrected chi connectivity index (χ0v) is 16.4. The molecule has 0 aliphatic rings. The fourth-order valence-corrected chi connectivity index (χ4v) is 3.20. The number of nitrogens with one attached hydrogen (secondary N) is 1. The van der Waals surface area contributed by atoms with Crippen LogP contribution in [0.3, 0.4) is 0 Å². The molecule has 2 amide bonds. The number of benzene rings is 2. The predicted octanol–water partition coefficient (Wildman–Crippen LogP) is 4.17. The van der Waals surface area contributed by atoms with Gasteiger partial charge in [-0.1, -0.05) is 41.4 Å². The Morgan fingerprint density at radius 3 is 2.44 bits per heavy atom. The summed E-state index contributed by atoms with van der Waals surface area (Å²) in [6.07, 6.45) is 0. The molecular formula is C21H22ClN3O2. The van der Waals surface area contributed by atoms with E-state index < -0.39 is 0 Å².